The predicted octanol–water partition coefficient (Wildman–Crippen LogP) is 3.12. The monoisotopic (exact) mass is 285 g/mol. The molecule has 0 N–H and O–H groups in total. The van der Waals surface area contributed by atoms with Crippen molar-refractivity contribution in [3.63, 3.8) is 0 Å². The molecule has 3 unspecified atom stereocenters. The topological polar surface area (TPSA) is 12.2 Å². The van der Waals surface area contributed by atoms with Crippen LogP contribution in [0.2, 0.25) is 0 Å². The zero-order valence-electron chi connectivity index (χ0n) is 9.04. The quantitative estimate of drug-likeness (QED) is 0.774. The van der Waals surface area contributed by atoms with Crippen LogP contribution in [0.25, 0.3) is 0 Å². The molecule has 86 valence electrons. The molecule has 0 spiro atoms. The van der Waals surface area contributed by atoms with Crippen molar-refractivity contribution in [1.29, 1.82) is 0 Å². The van der Waals surface area contributed by atoms with Crippen molar-refractivity contribution in [2.24, 2.45) is 0 Å². The van der Waals surface area contributed by atoms with Crippen LogP contribution >= 0.6 is 15.9 Å². The molecule has 16 heavy (non-hydrogen) atoms. The van der Waals surface area contributed by atoms with Crippen molar-refractivity contribution >= 4 is 15.9 Å². The zero-order chi connectivity index (χ0) is 11.3. The van der Waals surface area contributed by atoms with Crippen LogP contribution < -0.4 is 4.74 Å². The lowest BCUT2D eigenvalue weighted by Crippen LogP contribution is -2.14. The summed E-state index contributed by atoms with van der Waals surface area (Å²) in [5, 5.41) is 0. The summed E-state index contributed by atoms with van der Waals surface area (Å²) in [5.41, 5.74) is 0.997. The van der Waals surface area contributed by atoms with Crippen molar-refractivity contribution < 1.29 is 9.13 Å². The van der Waals surface area contributed by atoms with E-state index in [-0.39, 0.29) is 5.82 Å². The molecule has 2 heterocycles. The second-order valence-electron chi connectivity index (χ2n) is 4.37. The van der Waals surface area contributed by atoms with E-state index in [1.165, 1.54) is 6.07 Å². The van der Waals surface area contributed by atoms with Gasteiger partial charge >= 0.3 is 0 Å². The first-order chi connectivity index (χ1) is 7.72. The standard InChI is InChI=1S/C12H13BrFNO/c1-2-3-15-10-6-16-12-8(11(10)15)4-7(13)5-9(12)14/h4-5,10-11H,2-3,6H2,1H3. The van der Waals surface area contributed by atoms with Gasteiger partial charge in [-0.25, -0.2) is 4.39 Å². The van der Waals surface area contributed by atoms with E-state index in [1.54, 1.807) is 0 Å². The van der Waals surface area contributed by atoms with Crippen LogP contribution in [0, 0.1) is 5.82 Å². The molecule has 0 radical (unpaired) electrons. The Kier molecular flexibility index (Phi) is 2.44. The van der Waals surface area contributed by atoms with Crippen molar-refractivity contribution in [2.45, 2.75) is 25.4 Å². The number of rotatable bonds is 2. The fraction of sp³-hybridized carbons (Fsp3) is 0.500. The number of benzene rings is 1. The van der Waals surface area contributed by atoms with E-state index in [0.717, 1.165) is 23.0 Å². The molecule has 1 fully saturated rings. The number of fused-ring (bicyclic) bond motifs is 3. The Hall–Kier alpha value is -0.610. The van der Waals surface area contributed by atoms with Crippen LogP contribution in [-0.2, 0) is 0 Å². The van der Waals surface area contributed by atoms with Gasteiger partial charge in [-0.15, -0.1) is 0 Å². The van der Waals surface area contributed by atoms with Gasteiger partial charge in [0.25, 0.3) is 0 Å². The molecule has 3 atom stereocenters. The summed E-state index contributed by atoms with van der Waals surface area (Å²) in [7, 11) is 0. The summed E-state index contributed by atoms with van der Waals surface area (Å²) >= 11 is 3.33. The third-order valence-electron chi connectivity index (χ3n) is 3.29. The first kappa shape index (κ1) is 10.5. The molecule has 0 amide bonds. The molecule has 0 bridgehead atoms. The number of hydrogen-bond acceptors (Lipinski definition) is 2. The van der Waals surface area contributed by atoms with Crippen LogP contribution in [0.1, 0.15) is 24.9 Å². The van der Waals surface area contributed by atoms with Gasteiger partial charge in [0.05, 0.1) is 12.1 Å². The SMILES string of the molecule is CCCN1C2COc3c(F)cc(Br)cc3C21. The highest BCUT2D eigenvalue weighted by Crippen LogP contribution is 2.51. The molecule has 3 rings (SSSR count). The summed E-state index contributed by atoms with van der Waals surface area (Å²) in [6.07, 6.45) is 1.12. The van der Waals surface area contributed by atoms with E-state index < -0.39 is 0 Å². The van der Waals surface area contributed by atoms with Crippen molar-refractivity contribution in [2.75, 3.05) is 13.2 Å². The van der Waals surface area contributed by atoms with Gasteiger partial charge in [0.1, 0.15) is 6.61 Å². The minimum atomic E-state index is -0.258. The van der Waals surface area contributed by atoms with Gasteiger partial charge in [-0.3, -0.25) is 4.90 Å². The lowest BCUT2D eigenvalue weighted by atomic mass is 10.1. The Labute approximate surface area is 103 Å². The number of nitrogens with zero attached hydrogens (tertiary/aromatic N) is 1. The molecule has 0 saturated carbocycles. The Morgan fingerprint density at radius 2 is 2.38 bits per heavy atom. The second kappa shape index (κ2) is 3.70. The molecule has 2 nitrogen and oxygen atoms in total. The minimum absolute atomic E-state index is 0.258. The van der Waals surface area contributed by atoms with Gasteiger partial charge in [0, 0.05) is 10.0 Å². The van der Waals surface area contributed by atoms with Crippen LogP contribution in [0.5, 0.6) is 5.75 Å². The van der Waals surface area contributed by atoms with E-state index >= 15 is 0 Å². The third kappa shape index (κ3) is 1.47. The average Bonchev–Trinajstić information content (AvgIpc) is 2.92. The number of hydrogen-bond donors (Lipinski definition) is 0. The van der Waals surface area contributed by atoms with Gasteiger partial charge in [-0.2, -0.15) is 0 Å². The molecule has 1 aromatic carbocycles. The summed E-state index contributed by atoms with van der Waals surface area (Å²) in [6, 6.07) is 4.27. The molecule has 4 heteroatoms. The van der Waals surface area contributed by atoms with E-state index in [4.69, 9.17) is 4.74 Å². The molecule has 0 aromatic heterocycles. The molecular weight excluding hydrogens is 273 g/mol. The highest BCUT2D eigenvalue weighted by atomic mass is 79.9. The maximum Gasteiger partial charge on any atom is 0.166 e. The van der Waals surface area contributed by atoms with Crippen LogP contribution in [0.15, 0.2) is 16.6 Å². The van der Waals surface area contributed by atoms with Gasteiger partial charge in [0.2, 0.25) is 0 Å². The largest absolute Gasteiger partial charge is 0.488 e. The smallest absolute Gasteiger partial charge is 0.166 e. The first-order valence-corrected chi connectivity index (χ1v) is 6.39. The maximum absolute atomic E-state index is 13.7. The van der Waals surface area contributed by atoms with Crippen LogP contribution in [0.4, 0.5) is 4.39 Å². The van der Waals surface area contributed by atoms with Gasteiger partial charge < -0.3 is 4.74 Å². The lowest BCUT2D eigenvalue weighted by molar-refractivity contribution is 0.275. The Balaban J connectivity index is 1.98. The van der Waals surface area contributed by atoms with Crippen molar-refractivity contribution in [1.82, 2.24) is 4.90 Å². The van der Waals surface area contributed by atoms with Gasteiger partial charge in [-0.05, 0) is 25.1 Å². The molecular formula is C12H13BrFNO. The minimum Gasteiger partial charge on any atom is -0.488 e. The van der Waals surface area contributed by atoms with Gasteiger partial charge in [0.15, 0.2) is 11.6 Å². The number of halogens is 2. The van der Waals surface area contributed by atoms with E-state index in [2.05, 4.69) is 27.8 Å². The zero-order valence-corrected chi connectivity index (χ0v) is 10.6. The summed E-state index contributed by atoms with van der Waals surface area (Å²) in [4.78, 5) is 2.37. The Morgan fingerprint density at radius 3 is 3.12 bits per heavy atom. The summed E-state index contributed by atoms with van der Waals surface area (Å²) < 4.78 is 20.0. The van der Waals surface area contributed by atoms with E-state index in [1.807, 2.05) is 6.07 Å². The predicted molar refractivity (Wildman–Crippen MR) is 63.1 cm³/mol. The lowest BCUT2D eigenvalue weighted by Gasteiger charge is -2.15. The highest BCUT2D eigenvalue weighted by molar-refractivity contribution is 9.10. The summed E-state index contributed by atoms with van der Waals surface area (Å²) in [5.74, 6) is 0.189. The number of ether oxygens (including phenoxy) is 1. The van der Waals surface area contributed by atoms with Crippen molar-refractivity contribution in [3.8, 4) is 5.75 Å². The fourth-order valence-electron chi connectivity index (χ4n) is 2.59. The van der Waals surface area contributed by atoms with E-state index in [0.29, 0.717) is 24.4 Å². The second-order valence-corrected chi connectivity index (χ2v) is 5.28. The van der Waals surface area contributed by atoms with E-state index in [9.17, 15) is 4.39 Å². The van der Waals surface area contributed by atoms with Crippen LogP contribution in [-0.4, -0.2) is 24.1 Å². The third-order valence-corrected chi connectivity index (χ3v) is 3.75. The van der Waals surface area contributed by atoms with Crippen LogP contribution in [0.3, 0.4) is 0 Å². The first-order valence-electron chi connectivity index (χ1n) is 5.60. The molecule has 2 aliphatic heterocycles. The molecule has 0 aliphatic carbocycles. The molecule has 1 saturated heterocycles. The van der Waals surface area contributed by atoms with Crippen molar-refractivity contribution in [3.05, 3.63) is 28.0 Å². The average molecular weight is 286 g/mol. The maximum atomic E-state index is 13.7. The van der Waals surface area contributed by atoms with Gasteiger partial charge in [-0.1, -0.05) is 22.9 Å². The molecule has 1 aromatic rings. The normalized spacial score (nSPS) is 30.3. The highest BCUT2D eigenvalue weighted by Gasteiger charge is 2.52. The molecule has 2 aliphatic rings. The summed E-state index contributed by atoms with van der Waals surface area (Å²) in [6.45, 7) is 3.84. The Morgan fingerprint density at radius 1 is 1.56 bits per heavy atom. The fourth-order valence-corrected chi connectivity index (χ4v) is 3.04. The Bertz CT molecular complexity index is 437.